The van der Waals surface area contributed by atoms with E-state index in [9.17, 15) is 4.79 Å². The topological polar surface area (TPSA) is 70.6 Å². The monoisotopic (exact) mass is 284 g/mol. The number of amides is 1. The van der Waals surface area contributed by atoms with Crippen molar-refractivity contribution in [2.24, 2.45) is 0 Å². The summed E-state index contributed by atoms with van der Waals surface area (Å²) >= 11 is 0. The van der Waals surface area contributed by atoms with Gasteiger partial charge >= 0.3 is 0 Å². The summed E-state index contributed by atoms with van der Waals surface area (Å²) in [6.07, 6.45) is 2.86. The van der Waals surface area contributed by atoms with Gasteiger partial charge in [0.2, 0.25) is 0 Å². The van der Waals surface area contributed by atoms with E-state index in [2.05, 4.69) is 5.32 Å². The third kappa shape index (κ3) is 4.09. The second-order valence-electron chi connectivity index (χ2n) is 4.25. The molecule has 21 heavy (non-hydrogen) atoms. The third-order valence-electron chi connectivity index (χ3n) is 2.84. The average molecular weight is 284 g/mol. The molecule has 0 saturated carbocycles. The number of anilines is 2. The lowest BCUT2D eigenvalue weighted by molar-refractivity contribution is -0.124. The lowest BCUT2D eigenvalue weighted by Crippen LogP contribution is -2.14. The van der Waals surface area contributed by atoms with Gasteiger partial charge in [-0.2, -0.15) is 0 Å². The van der Waals surface area contributed by atoms with Crippen molar-refractivity contribution in [3.05, 3.63) is 60.2 Å². The Bertz CT molecular complexity index is 639. The molecule has 2 aromatic carbocycles. The minimum atomic E-state index is -0.587. The molecule has 0 fully saturated rings. The number of ether oxygens (including phenoxy) is 1. The van der Waals surface area contributed by atoms with E-state index in [-0.39, 0.29) is 0 Å². The minimum absolute atomic E-state index is 0.587. The molecule has 0 spiro atoms. The molecule has 0 bridgehead atoms. The lowest BCUT2D eigenvalue weighted by Gasteiger charge is -2.11. The van der Waals surface area contributed by atoms with E-state index in [4.69, 9.17) is 9.94 Å². The SMILES string of the molecule is COc1ccc(C=CC(=O)NO)c(Nc2ccccc2)c1. The van der Waals surface area contributed by atoms with Gasteiger partial charge in [0.1, 0.15) is 5.75 Å². The number of nitrogens with one attached hydrogen (secondary N) is 2. The number of hydroxylamine groups is 1. The highest BCUT2D eigenvalue weighted by molar-refractivity contribution is 5.92. The highest BCUT2D eigenvalue weighted by Crippen LogP contribution is 2.26. The van der Waals surface area contributed by atoms with Crippen LogP contribution < -0.4 is 15.5 Å². The zero-order chi connectivity index (χ0) is 15.1. The molecular formula is C16H16N2O3. The Morgan fingerprint density at radius 2 is 1.95 bits per heavy atom. The molecule has 2 aromatic rings. The van der Waals surface area contributed by atoms with Gasteiger partial charge in [-0.05, 0) is 35.9 Å². The van der Waals surface area contributed by atoms with Crippen LogP contribution in [-0.2, 0) is 4.79 Å². The number of benzene rings is 2. The molecule has 0 atom stereocenters. The van der Waals surface area contributed by atoms with Gasteiger partial charge in [-0.15, -0.1) is 0 Å². The molecule has 0 unspecified atom stereocenters. The molecule has 0 heterocycles. The number of para-hydroxylation sites is 1. The first-order valence-corrected chi connectivity index (χ1v) is 6.35. The molecule has 3 N–H and O–H groups in total. The van der Waals surface area contributed by atoms with Crippen LogP contribution in [0.2, 0.25) is 0 Å². The van der Waals surface area contributed by atoms with E-state index in [0.29, 0.717) is 5.75 Å². The fraction of sp³-hybridized carbons (Fsp3) is 0.0625. The second-order valence-corrected chi connectivity index (χ2v) is 4.25. The summed E-state index contributed by atoms with van der Waals surface area (Å²) in [6, 6.07) is 15.1. The molecule has 1 amide bonds. The standard InChI is InChI=1S/C16H16N2O3/c1-21-14-9-7-12(8-10-16(19)18-20)15(11-14)17-13-5-3-2-4-6-13/h2-11,17,20H,1H3,(H,18,19). The molecule has 5 nitrogen and oxygen atoms in total. The number of hydrogen-bond acceptors (Lipinski definition) is 4. The summed E-state index contributed by atoms with van der Waals surface area (Å²) < 4.78 is 5.21. The Balaban J connectivity index is 2.31. The molecule has 0 saturated heterocycles. The summed E-state index contributed by atoms with van der Waals surface area (Å²) in [5.41, 5.74) is 4.07. The van der Waals surface area contributed by atoms with E-state index >= 15 is 0 Å². The smallest absolute Gasteiger partial charge is 0.267 e. The van der Waals surface area contributed by atoms with Crippen molar-refractivity contribution in [3.63, 3.8) is 0 Å². The van der Waals surface area contributed by atoms with Crippen LogP contribution in [0.15, 0.2) is 54.6 Å². The summed E-state index contributed by atoms with van der Waals surface area (Å²) in [4.78, 5) is 11.1. The van der Waals surface area contributed by atoms with E-state index < -0.39 is 5.91 Å². The first-order valence-electron chi connectivity index (χ1n) is 6.35. The highest BCUT2D eigenvalue weighted by Gasteiger charge is 2.03. The second kappa shape index (κ2) is 7.12. The number of methoxy groups -OCH3 is 1. The van der Waals surface area contributed by atoms with E-state index in [1.165, 1.54) is 6.08 Å². The van der Waals surface area contributed by atoms with Crippen LogP contribution >= 0.6 is 0 Å². The van der Waals surface area contributed by atoms with Crippen molar-refractivity contribution in [3.8, 4) is 5.75 Å². The fourth-order valence-corrected chi connectivity index (χ4v) is 1.80. The van der Waals surface area contributed by atoms with Crippen molar-refractivity contribution in [1.82, 2.24) is 5.48 Å². The van der Waals surface area contributed by atoms with Crippen LogP contribution in [0, 0.1) is 0 Å². The van der Waals surface area contributed by atoms with Crippen molar-refractivity contribution >= 4 is 23.4 Å². The first kappa shape index (κ1) is 14.6. The molecule has 0 aliphatic carbocycles. The highest BCUT2D eigenvalue weighted by atomic mass is 16.5. The Kier molecular flexibility index (Phi) is 4.95. The van der Waals surface area contributed by atoms with Crippen molar-refractivity contribution in [2.45, 2.75) is 0 Å². The largest absolute Gasteiger partial charge is 0.497 e. The third-order valence-corrected chi connectivity index (χ3v) is 2.84. The summed E-state index contributed by atoms with van der Waals surface area (Å²) in [6.45, 7) is 0. The first-order chi connectivity index (χ1) is 10.2. The molecule has 0 aromatic heterocycles. The molecule has 0 aliphatic heterocycles. The lowest BCUT2D eigenvalue weighted by atomic mass is 10.1. The molecule has 108 valence electrons. The van der Waals surface area contributed by atoms with Gasteiger partial charge in [0, 0.05) is 23.5 Å². The Hall–Kier alpha value is -2.79. The summed E-state index contributed by atoms with van der Waals surface area (Å²) in [5, 5.41) is 11.8. The quantitative estimate of drug-likeness (QED) is 0.448. The summed E-state index contributed by atoms with van der Waals surface area (Å²) in [7, 11) is 1.59. The van der Waals surface area contributed by atoms with Gasteiger partial charge in [0.25, 0.3) is 5.91 Å². The van der Waals surface area contributed by atoms with Crippen LogP contribution in [0.5, 0.6) is 5.75 Å². The van der Waals surface area contributed by atoms with Crippen molar-refractivity contribution in [2.75, 3.05) is 12.4 Å². The van der Waals surface area contributed by atoms with Gasteiger partial charge in [0.15, 0.2) is 0 Å². The molecule has 0 radical (unpaired) electrons. The maximum Gasteiger partial charge on any atom is 0.267 e. The number of rotatable bonds is 5. The predicted molar refractivity (Wildman–Crippen MR) is 81.7 cm³/mol. The average Bonchev–Trinajstić information content (AvgIpc) is 2.54. The molecule has 2 rings (SSSR count). The zero-order valence-electron chi connectivity index (χ0n) is 11.5. The van der Waals surface area contributed by atoms with Gasteiger partial charge in [-0.3, -0.25) is 10.0 Å². The Morgan fingerprint density at radius 1 is 1.19 bits per heavy atom. The number of carbonyl (C=O) groups excluding carboxylic acids is 1. The zero-order valence-corrected chi connectivity index (χ0v) is 11.5. The van der Waals surface area contributed by atoms with Crippen LogP contribution in [0.4, 0.5) is 11.4 Å². The van der Waals surface area contributed by atoms with Crippen molar-refractivity contribution in [1.29, 1.82) is 0 Å². The molecular weight excluding hydrogens is 268 g/mol. The van der Waals surface area contributed by atoms with Crippen LogP contribution in [0.1, 0.15) is 5.56 Å². The minimum Gasteiger partial charge on any atom is -0.497 e. The maximum atomic E-state index is 11.1. The van der Waals surface area contributed by atoms with E-state index in [0.717, 1.165) is 16.9 Å². The Morgan fingerprint density at radius 3 is 2.62 bits per heavy atom. The number of carbonyl (C=O) groups is 1. The van der Waals surface area contributed by atoms with Crippen molar-refractivity contribution < 1.29 is 14.7 Å². The van der Waals surface area contributed by atoms with E-state index in [1.807, 2.05) is 42.5 Å². The van der Waals surface area contributed by atoms with Gasteiger partial charge < -0.3 is 10.1 Å². The van der Waals surface area contributed by atoms with Gasteiger partial charge in [-0.1, -0.05) is 18.2 Å². The van der Waals surface area contributed by atoms with Gasteiger partial charge in [0.05, 0.1) is 7.11 Å². The van der Waals surface area contributed by atoms with Crippen LogP contribution in [0.25, 0.3) is 6.08 Å². The van der Waals surface area contributed by atoms with E-state index in [1.54, 1.807) is 24.7 Å². The molecule has 5 heteroatoms. The van der Waals surface area contributed by atoms with Gasteiger partial charge in [-0.25, -0.2) is 5.48 Å². The van der Waals surface area contributed by atoms with Crippen LogP contribution in [0.3, 0.4) is 0 Å². The maximum absolute atomic E-state index is 11.1. The summed E-state index contributed by atoms with van der Waals surface area (Å²) in [5.74, 6) is 0.119. The predicted octanol–water partition coefficient (Wildman–Crippen LogP) is 2.96. The van der Waals surface area contributed by atoms with Crippen LogP contribution in [-0.4, -0.2) is 18.2 Å². The fourth-order valence-electron chi connectivity index (χ4n) is 1.80. The number of hydrogen-bond donors (Lipinski definition) is 3. The Labute approximate surface area is 122 Å². The molecule has 0 aliphatic rings. The normalized spacial score (nSPS) is 10.4.